The summed E-state index contributed by atoms with van der Waals surface area (Å²) in [7, 11) is 1.87. The third kappa shape index (κ3) is 5.02. The van der Waals surface area contributed by atoms with Crippen LogP contribution >= 0.6 is 12.4 Å². The second-order valence-corrected chi connectivity index (χ2v) is 9.17. The van der Waals surface area contributed by atoms with E-state index in [4.69, 9.17) is 4.74 Å². The number of hydrogen-bond donors (Lipinski definition) is 0. The van der Waals surface area contributed by atoms with Crippen molar-refractivity contribution in [3.05, 3.63) is 29.3 Å². The van der Waals surface area contributed by atoms with Crippen LogP contribution in [0.15, 0.2) is 12.1 Å². The summed E-state index contributed by atoms with van der Waals surface area (Å²) in [6.45, 7) is 4.87. The third-order valence-corrected chi connectivity index (χ3v) is 6.59. The molecule has 3 fully saturated rings. The minimum atomic E-state index is -0.527. The minimum Gasteiger partial charge on any atom is -0.490 e. The second kappa shape index (κ2) is 8.76. The van der Waals surface area contributed by atoms with Crippen molar-refractivity contribution in [3.63, 3.8) is 0 Å². The van der Waals surface area contributed by atoms with Crippen LogP contribution in [0.3, 0.4) is 0 Å². The highest BCUT2D eigenvalue weighted by molar-refractivity contribution is 5.85. The number of likely N-dealkylation sites (tertiary alicyclic amines) is 1. The predicted octanol–water partition coefficient (Wildman–Crippen LogP) is 4.40. The minimum absolute atomic E-state index is 0. The Balaban J connectivity index is 0.00000240. The number of halogens is 3. The average Bonchev–Trinajstić information content (AvgIpc) is 3.15. The molecule has 1 amide bonds. The van der Waals surface area contributed by atoms with E-state index in [1.807, 2.05) is 18.9 Å². The van der Waals surface area contributed by atoms with E-state index >= 15 is 0 Å². The maximum atomic E-state index is 14.4. The maximum absolute atomic E-state index is 14.4. The Morgan fingerprint density at radius 2 is 1.79 bits per heavy atom. The molecule has 3 aliphatic rings. The van der Waals surface area contributed by atoms with Gasteiger partial charge in [-0.25, -0.2) is 8.78 Å². The maximum Gasteiger partial charge on any atom is 0.228 e. The van der Waals surface area contributed by atoms with Gasteiger partial charge >= 0.3 is 0 Å². The van der Waals surface area contributed by atoms with Crippen LogP contribution in [0.25, 0.3) is 0 Å². The van der Waals surface area contributed by atoms with E-state index < -0.39 is 11.6 Å². The molecule has 0 unspecified atom stereocenters. The van der Waals surface area contributed by atoms with Gasteiger partial charge in [-0.05, 0) is 57.5 Å². The second-order valence-electron chi connectivity index (χ2n) is 9.17. The molecule has 162 valence electrons. The molecule has 2 saturated carbocycles. The number of carbonyl (C=O) groups is 1. The van der Waals surface area contributed by atoms with Gasteiger partial charge in [0.05, 0.1) is 6.10 Å². The molecule has 2 aliphatic carbocycles. The van der Waals surface area contributed by atoms with Gasteiger partial charge in [0.15, 0.2) is 0 Å². The number of nitrogens with zero attached hydrogens (tertiary/aromatic N) is 2. The van der Waals surface area contributed by atoms with Crippen LogP contribution in [0.2, 0.25) is 0 Å². The molecule has 0 bridgehead atoms. The zero-order valence-corrected chi connectivity index (χ0v) is 18.1. The molecule has 1 heterocycles. The highest BCUT2D eigenvalue weighted by Crippen LogP contribution is 2.46. The van der Waals surface area contributed by atoms with Crippen LogP contribution in [-0.2, 0) is 11.3 Å². The topological polar surface area (TPSA) is 32.8 Å². The summed E-state index contributed by atoms with van der Waals surface area (Å²) in [5.74, 6) is -0.167. The van der Waals surface area contributed by atoms with Crippen LogP contribution in [0.5, 0.6) is 5.75 Å². The fourth-order valence-electron chi connectivity index (χ4n) is 4.41. The number of amides is 1. The van der Waals surface area contributed by atoms with E-state index in [1.54, 1.807) is 0 Å². The lowest BCUT2D eigenvalue weighted by Crippen LogP contribution is -2.43. The van der Waals surface area contributed by atoms with Crippen molar-refractivity contribution in [2.75, 3.05) is 26.7 Å². The lowest BCUT2D eigenvalue weighted by atomic mass is 9.81. The predicted molar refractivity (Wildman–Crippen MR) is 110 cm³/mol. The Morgan fingerprint density at radius 1 is 1.21 bits per heavy atom. The quantitative estimate of drug-likeness (QED) is 0.645. The number of ether oxygens (including phenoxy) is 1. The molecule has 1 aromatic carbocycles. The van der Waals surface area contributed by atoms with Crippen LogP contribution in [0.4, 0.5) is 8.78 Å². The zero-order chi connectivity index (χ0) is 19.9. The molecule has 4 rings (SSSR count). The smallest absolute Gasteiger partial charge is 0.228 e. The van der Waals surface area contributed by atoms with Crippen molar-refractivity contribution in [1.29, 1.82) is 0 Å². The molecule has 0 radical (unpaired) electrons. The molecule has 1 aliphatic heterocycles. The standard InChI is InChI=1S/C22H30F2N2O2.ClH/c1-22(5-6-22)21(27)25(2)13-15-9-16(10-15)28-17-11-19(23)18(20(24)12-17)14-26-7-3-4-8-26;/h11-12,15-16H,3-10,13-14H2,1-2H3;1H/t15-,16-;. The van der Waals surface area contributed by atoms with Crippen LogP contribution in [0, 0.1) is 23.0 Å². The van der Waals surface area contributed by atoms with Gasteiger partial charge in [-0.2, -0.15) is 0 Å². The van der Waals surface area contributed by atoms with Crippen LogP contribution in [0.1, 0.15) is 51.0 Å². The van der Waals surface area contributed by atoms with Crippen molar-refractivity contribution in [2.45, 2.75) is 58.1 Å². The molecule has 0 N–H and O–H groups in total. The first-order valence-corrected chi connectivity index (χ1v) is 10.5. The average molecular weight is 429 g/mol. The first-order chi connectivity index (χ1) is 13.3. The van der Waals surface area contributed by atoms with Crippen LogP contribution in [-0.4, -0.2) is 48.5 Å². The molecule has 4 nitrogen and oxygen atoms in total. The molecular weight excluding hydrogens is 398 g/mol. The normalized spacial score (nSPS) is 25.1. The Kier molecular flexibility index (Phi) is 6.74. The summed E-state index contributed by atoms with van der Waals surface area (Å²) in [5, 5.41) is 0. The van der Waals surface area contributed by atoms with E-state index in [1.165, 1.54) is 12.1 Å². The van der Waals surface area contributed by atoms with Gasteiger partial charge < -0.3 is 9.64 Å². The number of benzene rings is 1. The third-order valence-electron chi connectivity index (χ3n) is 6.59. The molecule has 0 spiro atoms. The molecule has 7 heteroatoms. The highest BCUT2D eigenvalue weighted by Gasteiger charge is 2.47. The SMILES string of the molecule is CN(C[C@H]1C[C@H](Oc2cc(F)c(CN3CCCC3)c(F)c2)C1)C(=O)C1(C)CC1.Cl. The summed E-state index contributed by atoms with van der Waals surface area (Å²) in [6, 6.07) is 2.62. The van der Waals surface area contributed by atoms with Gasteiger partial charge in [0, 0.05) is 43.2 Å². The van der Waals surface area contributed by atoms with Gasteiger partial charge in [-0.3, -0.25) is 9.69 Å². The van der Waals surface area contributed by atoms with E-state index in [9.17, 15) is 13.6 Å². The first-order valence-electron chi connectivity index (χ1n) is 10.5. The zero-order valence-electron chi connectivity index (χ0n) is 17.3. The van der Waals surface area contributed by atoms with E-state index in [0.29, 0.717) is 12.5 Å². The van der Waals surface area contributed by atoms with Crippen LogP contribution < -0.4 is 4.74 Å². The van der Waals surface area contributed by atoms with Crippen molar-refractivity contribution in [3.8, 4) is 5.75 Å². The van der Waals surface area contributed by atoms with Crippen molar-refractivity contribution in [2.24, 2.45) is 11.3 Å². The Bertz CT molecular complexity index is 721. The Hall–Kier alpha value is -1.40. The molecule has 0 aromatic heterocycles. The van der Waals surface area contributed by atoms with Crippen molar-refractivity contribution >= 4 is 18.3 Å². The van der Waals surface area contributed by atoms with Gasteiger partial charge in [-0.15, -0.1) is 12.4 Å². The van der Waals surface area contributed by atoms with E-state index in [-0.39, 0.29) is 41.1 Å². The van der Waals surface area contributed by atoms with Gasteiger partial charge in [0.1, 0.15) is 17.4 Å². The summed E-state index contributed by atoms with van der Waals surface area (Å²) < 4.78 is 34.6. The van der Waals surface area contributed by atoms with Gasteiger partial charge in [-0.1, -0.05) is 6.92 Å². The fraction of sp³-hybridized carbons (Fsp3) is 0.682. The molecule has 1 saturated heterocycles. The van der Waals surface area contributed by atoms with Gasteiger partial charge in [0.25, 0.3) is 0 Å². The Morgan fingerprint density at radius 3 is 2.34 bits per heavy atom. The van der Waals surface area contributed by atoms with Gasteiger partial charge in [0.2, 0.25) is 5.91 Å². The lowest BCUT2D eigenvalue weighted by Gasteiger charge is -2.38. The first kappa shape index (κ1) is 22.3. The largest absolute Gasteiger partial charge is 0.490 e. The summed E-state index contributed by atoms with van der Waals surface area (Å²) >= 11 is 0. The molecular formula is C22H31ClF2N2O2. The van der Waals surface area contributed by atoms with Crippen molar-refractivity contribution in [1.82, 2.24) is 9.80 Å². The molecule has 29 heavy (non-hydrogen) atoms. The fourth-order valence-corrected chi connectivity index (χ4v) is 4.41. The highest BCUT2D eigenvalue weighted by atomic mass is 35.5. The Labute approximate surface area is 178 Å². The number of rotatable bonds is 7. The lowest BCUT2D eigenvalue weighted by molar-refractivity contribution is -0.136. The molecule has 0 atom stereocenters. The van der Waals surface area contributed by atoms with Crippen molar-refractivity contribution < 1.29 is 18.3 Å². The number of hydrogen-bond acceptors (Lipinski definition) is 3. The summed E-state index contributed by atoms with van der Waals surface area (Å²) in [6.07, 6.45) is 5.74. The number of carbonyl (C=O) groups excluding carboxylic acids is 1. The molecule has 1 aromatic rings. The monoisotopic (exact) mass is 428 g/mol. The summed E-state index contributed by atoms with van der Waals surface area (Å²) in [5.41, 5.74) is -0.00488. The van der Waals surface area contributed by atoms with E-state index in [2.05, 4.69) is 4.90 Å². The van der Waals surface area contributed by atoms with E-state index in [0.717, 1.165) is 58.2 Å². The summed E-state index contributed by atoms with van der Waals surface area (Å²) in [4.78, 5) is 16.2.